The fraction of sp³-hybridized carbons (Fsp3) is 0.348. The topological polar surface area (TPSA) is 46.8 Å². The maximum absolute atomic E-state index is 13.9. The van der Waals surface area contributed by atoms with Gasteiger partial charge in [0.2, 0.25) is 5.16 Å². The van der Waals surface area contributed by atoms with Gasteiger partial charge in [0.25, 0.3) is 0 Å². The number of hydrogen-bond donors (Lipinski definition) is 0. The number of aromatic nitrogens is 4. The zero-order chi connectivity index (χ0) is 20.3. The van der Waals surface area contributed by atoms with Crippen molar-refractivity contribution in [2.75, 3.05) is 25.4 Å². The number of piperidine rings is 1. The molecule has 0 radical (unpaired) electrons. The molecular formula is C23H24FN5S. The molecule has 5 nitrogen and oxygen atoms in total. The molecule has 1 aliphatic rings. The lowest BCUT2D eigenvalue weighted by molar-refractivity contribution is 0.242. The third-order valence-corrected chi connectivity index (χ3v) is 6.50. The smallest absolute Gasteiger partial charge is 0.211 e. The van der Waals surface area contributed by atoms with Crippen LogP contribution in [0.2, 0.25) is 0 Å². The van der Waals surface area contributed by atoms with Crippen LogP contribution in [0, 0.1) is 5.82 Å². The van der Waals surface area contributed by atoms with E-state index in [1.54, 1.807) is 17.8 Å². The molecule has 30 heavy (non-hydrogen) atoms. The minimum atomic E-state index is -0.275. The number of hydrogen-bond acceptors (Lipinski definition) is 5. The molecule has 154 valence electrons. The molecule has 0 N–H and O–H groups in total. The summed E-state index contributed by atoms with van der Waals surface area (Å²) < 4.78 is 16.1. The molecule has 0 bridgehead atoms. The standard InChI is InChI=1S/C23H24FN5S/c24-18-9-10-20-19(15-18)21-22(29(20)16-17-7-3-1-4-8-17)25-23(27-26-21)30-14-13-28-11-5-2-6-12-28/h1,3-4,7-10,15H,2,5-6,11-14,16H2. The maximum Gasteiger partial charge on any atom is 0.211 e. The van der Waals surface area contributed by atoms with Gasteiger partial charge >= 0.3 is 0 Å². The van der Waals surface area contributed by atoms with E-state index in [1.807, 2.05) is 18.2 Å². The van der Waals surface area contributed by atoms with Crippen LogP contribution < -0.4 is 0 Å². The van der Waals surface area contributed by atoms with Gasteiger partial charge in [-0.25, -0.2) is 9.37 Å². The fourth-order valence-corrected chi connectivity index (χ4v) is 4.93. The van der Waals surface area contributed by atoms with Crippen molar-refractivity contribution in [3.05, 3.63) is 59.9 Å². The summed E-state index contributed by atoms with van der Waals surface area (Å²) in [7, 11) is 0. The highest BCUT2D eigenvalue weighted by atomic mass is 32.2. The largest absolute Gasteiger partial charge is 0.319 e. The van der Waals surface area contributed by atoms with Gasteiger partial charge in [0.1, 0.15) is 11.3 Å². The first-order valence-corrected chi connectivity index (χ1v) is 11.5. The molecule has 0 spiro atoms. The van der Waals surface area contributed by atoms with Crippen LogP contribution in [0.4, 0.5) is 4.39 Å². The Morgan fingerprint density at radius 3 is 2.63 bits per heavy atom. The summed E-state index contributed by atoms with van der Waals surface area (Å²) in [5, 5.41) is 10.2. The minimum Gasteiger partial charge on any atom is -0.319 e. The number of likely N-dealkylation sites (tertiary alicyclic amines) is 1. The van der Waals surface area contributed by atoms with Crippen LogP contribution in [-0.4, -0.2) is 50.0 Å². The molecule has 3 heterocycles. The monoisotopic (exact) mass is 421 g/mol. The predicted molar refractivity (Wildman–Crippen MR) is 119 cm³/mol. The first kappa shape index (κ1) is 19.5. The Bertz CT molecular complexity index is 1150. The highest BCUT2D eigenvalue weighted by molar-refractivity contribution is 7.99. The van der Waals surface area contributed by atoms with E-state index in [0.717, 1.165) is 28.8 Å². The molecule has 1 fully saturated rings. The number of nitrogens with zero attached hydrogens (tertiary/aromatic N) is 5. The molecule has 2 aromatic carbocycles. The second-order valence-corrected chi connectivity index (χ2v) is 8.81. The lowest BCUT2D eigenvalue weighted by Gasteiger charge is -2.25. The third kappa shape index (κ3) is 4.04. The summed E-state index contributed by atoms with van der Waals surface area (Å²) in [5.74, 6) is 0.670. The number of fused-ring (bicyclic) bond motifs is 3. The summed E-state index contributed by atoms with van der Waals surface area (Å²) in [6.45, 7) is 4.08. The molecule has 1 aliphatic heterocycles. The van der Waals surface area contributed by atoms with Crippen molar-refractivity contribution in [2.24, 2.45) is 0 Å². The predicted octanol–water partition coefficient (Wildman–Crippen LogP) is 4.74. The van der Waals surface area contributed by atoms with Gasteiger partial charge in [0.05, 0.1) is 5.52 Å². The lowest BCUT2D eigenvalue weighted by Crippen LogP contribution is -2.31. The molecule has 0 unspecified atom stereocenters. The van der Waals surface area contributed by atoms with Crippen LogP contribution in [0.1, 0.15) is 24.8 Å². The Balaban J connectivity index is 1.46. The Hall–Kier alpha value is -2.51. The van der Waals surface area contributed by atoms with E-state index in [1.165, 1.54) is 50.0 Å². The van der Waals surface area contributed by atoms with Crippen LogP contribution in [0.25, 0.3) is 22.1 Å². The Kier molecular flexibility index (Phi) is 5.64. The maximum atomic E-state index is 13.9. The van der Waals surface area contributed by atoms with Gasteiger partial charge in [-0.05, 0) is 49.7 Å². The van der Waals surface area contributed by atoms with E-state index in [0.29, 0.717) is 17.2 Å². The molecule has 0 saturated carbocycles. The van der Waals surface area contributed by atoms with Gasteiger partial charge in [-0.3, -0.25) is 0 Å². The summed E-state index contributed by atoms with van der Waals surface area (Å²) in [5.41, 5.74) is 3.50. The SMILES string of the molecule is Fc1ccc2c(c1)c1nnc(SCCN3CCCCC3)nc1n2Cc1ccccc1. The van der Waals surface area contributed by atoms with E-state index in [4.69, 9.17) is 4.98 Å². The van der Waals surface area contributed by atoms with E-state index >= 15 is 0 Å². The van der Waals surface area contributed by atoms with Gasteiger partial charge < -0.3 is 9.47 Å². The van der Waals surface area contributed by atoms with Gasteiger partial charge in [-0.2, -0.15) is 0 Å². The van der Waals surface area contributed by atoms with E-state index in [2.05, 4.69) is 31.8 Å². The van der Waals surface area contributed by atoms with Crippen molar-refractivity contribution in [3.8, 4) is 0 Å². The first-order valence-electron chi connectivity index (χ1n) is 10.5. The molecule has 2 aromatic heterocycles. The lowest BCUT2D eigenvalue weighted by atomic mass is 10.1. The number of benzene rings is 2. The average Bonchev–Trinajstić information content (AvgIpc) is 3.07. The van der Waals surface area contributed by atoms with Gasteiger partial charge in [-0.1, -0.05) is 48.5 Å². The number of rotatable bonds is 6. The van der Waals surface area contributed by atoms with E-state index in [-0.39, 0.29) is 5.82 Å². The van der Waals surface area contributed by atoms with Crippen molar-refractivity contribution in [1.82, 2.24) is 24.6 Å². The Labute approximate surface area is 179 Å². The van der Waals surface area contributed by atoms with Crippen molar-refractivity contribution >= 4 is 33.8 Å². The van der Waals surface area contributed by atoms with Gasteiger partial charge in [0, 0.05) is 24.2 Å². The number of halogens is 1. The zero-order valence-electron chi connectivity index (χ0n) is 16.8. The Morgan fingerprint density at radius 1 is 0.967 bits per heavy atom. The fourth-order valence-electron chi connectivity index (χ4n) is 4.15. The molecule has 0 atom stereocenters. The Morgan fingerprint density at radius 2 is 1.80 bits per heavy atom. The average molecular weight is 422 g/mol. The summed E-state index contributed by atoms with van der Waals surface area (Å²) in [4.78, 5) is 7.34. The van der Waals surface area contributed by atoms with Crippen LogP contribution in [-0.2, 0) is 6.54 Å². The van der Waals surface area contributed by atoms with Crippen molar-refractivity contribution in [3.63, 3.8) is 0 Å². The zero-order valence-corrected chi connectivity index (χ0v) is 17.6. The van der Waals surface area contributed by atoms with Crippen LogP contribution in [0.5, 0.6) is 0 Å². The number of thioether (sulfide) groups is 1. The molecule has 4 aromatic rings. The molecule has 0 aliphatic carbocycles. The van der Waals surface area contributed by atoms with Crippen LogP contribution >= 0.6 is 11.8 Å². The van der Waals surface area contributed by atoms with Crippen molar-refractivity contribution < 1.29 is 4.39 Å². The summed E-state index contributed by atoms with van der Waals surface area (Å²) in [6.07, 6.45) is 3.94. The second kappa shape index (κ2) is 8.70. The summed E-state index contributed by atoms with van der Waals surface area (Å²) in [6, 6.07) is 15.1. The summed E-state index contributed by atoms with van der Waals surface area (Å²) >= 11 is 1.64. The third-order valence-electron chi connectivity index (χ3n) is 5.68. The quantitative estimate of drug-likeness (QED) is 0.421. The van der Waals surface area contributed by atoms with Crippen LogP contribution in [0.15, 0.2) is 53.7 Å². The van der Waals surface area contributed by atoms with Gasteiger partial charge in [-0.15, -0.1) is 10.2 Å². The second-order valence-electron chi connectivity index (χ2n) is 7.75. The molecule has 7 heteroatoms. The minimum absolute atomic E-state index is 0.275. The van der Waals surface area contributed by atoms with E-state index < -0.39 is 0 Å². The van der Waals surface area contributed by atoms with Gasteiger partial charge in [0.15, 0.2) is 5.65 Å². The normalized spacial score (nSPS) is 15.2. The molecule has 5 rings (SSSR count). The molecular weight excluding hydrogens is 397 g/mol. The molecule has 1 saturated heterocycles. The highest BCUT2D eigenvalue weighted by Crippen LogP contribution is 2.29. The highest BCUT2D eigenvalue weighted by Gasteiger charge is 2.17. The first-order chi connectivity index (χ1) is 14.8. The van der Waals surface area contributed by atoms with E-state index in [9.17, 15) is 4.39 Å². The van der Waals surface area contributed by atoms with Crippen molar-refractivity contribution in [1.29, 1.82) is 0 Å². The molecule has 0 amide bonds. The van der Waals surface area contributed by atoms with Crippen LogP contribution in [0.3, 0.4) is 0 Å². The van der Waals surface area contributed by atoms with Crippen molar-refractivity contribution in [2.45, 2.75) is 31.0 Å².